The van der Waals surface area contributed by atoms with Crippen LogP contribution in [0.1, 0.15) is 42.4 Å². The van der Waals surface area contributed by atoms with E-state index in [0.717, 1.165) is 30.5 Å². The SMILES string of the molecule is CCCCn1cnc2c(c1=N)C(c1ccc(OC)c(OC)c1)c1ccc(O)cc1O2. The number of nitrogens with zero attached hydrogens (tertiary/aromatic N) is 2. The van der Waals surface area contributed by atoms with Crippen molar-refractivity contribution in [1.29, 1.82) is 5.41 Å². The molecule has 0 amide bonds. The smallest absolute Gasteiger partial charge is 0.228 e. The summed E-state index contributed by atoms with van der Waals surface area (Å²) < 4.78 is 18.7. The normalized spacial score (nSPS) is 14.4. The van der Waals surface area contributed by atoms with Crippen LogP contribution in [-0.2, 0) is 6.54 Å². The number of fused-ring (bicyclic) bond motifs is 2. The number of hydrogen-bond donors (Lipinski definition) is 2. The molecule has 1 aromatic heterocycles. The van der Waals surface area contributed by atoms with Crippen molar-refractivity contribution >= 4 is 0 Å². The van der Waals surface area contributed by atoms with E-state index in [4.69, 9.17) is 19.6 Å². The molecule has 0 saturated carbocycles. The molecule has 7 nitrogen and oxygen atoms in total. The first-order valence-corrected chi connectivity index (χ1v) is 9.94. The van der Waals surface area contributed by atoms with Crippen LogP contribution in [0.2, 0.25) is 0 Å². The molecule has 1 aliphatic heterocycles. The van der Waals surface area contributed by atoms with Crippen LogP contribution in [0, 0.1) is 5.41 Å². The number of rotatable bonds is 6. The molecule has 2 N–H and O–H groups in total. The van der Waals surface area contributed by atoms with Crippen LogP contribution in [0.15, 0.2) is 42.7 Å². The summed E-state index contributed by atoms with van der Waals surface area (Å²) in [6, 6.07) is 10.8. The second-order valence-corrected chi connectivity index (χ2v) is 7.23. The molecule has 30 heavy (non-hydrogen) atoms. The topological polar surface area (TPSA) is 89.6 Å². The highest BCUT2D eigenvalue weighted by molar-refractivity contribution is 5.58. The van der Waals surface area contributed by atoms with Gasteiger partial charge in [-0.25, -0.2) is 4.98 Å². The average Bonchev–Trinajstić information content (AvgIpc) is 2.76. The van der Waals surface area contributed by atoms with Crippen LogP contribution in [0.25, 0.3) is 0 Å². The Labute approximate surface area is 175 Å². The van der Waals surface area contributed by atoms with Crippen molar-refractivity contribution in [1.82, 2.24) is 9.55 Å². The molecule has 0 aliphatic carbocycles. The van der Waals surface area contributed by atoms with Crippen molar-refractivity contribution in [3.05, 3.63) is 64.9 Å². The summed E-state index contributed by atoms with van der Waals surface area (Å²) in [7, 11) is 3.20. The Morgan fingerprint density at radius 2 is 1.93 bits per heavy atom. The minimum Gasteiger partial charge on any atom is -0.508 e. The fraction of sp³-hybridized carbons (Fsp3) is 0.304. The first kappa shape index (κ1) is 19.8. The number of aromatic nitrogens is 2. The van der Waals surface area contributed by atoms with Crippen molar-refractivity contribution in [3.63, 3.8) is 0 Å². The molecule has 156 valence electrons. The summed E-state index contributed by atoms with van der Waals surface area (Å²) in [5.74, 6) is 1.97. The predicted octanol–water partition coefficient (Wildman–Crippen LogP) is 4.17. The third-order valence-corrected chi connectivity index (χ3v) is 5.38. The van der Waals surface area contributed by atoms with Gasteiger partial charge < -0.3 is 23.9 Å². The third kappa shape index (κ3) is 3.36. The second kappa shape index (κ2) is 8.10. The summed E-state index contributed by atoms with van der Waals surface area (Å²) >= 11 is 0. The molecule has 0 spiro atoms. The fourth-order valence-electron chi connectivity index (χ4n) is 3.83. The van der Waals surface area contributed by atoms with E-state index >= 15 is 0 Å². The maximum absolute atomic E-state index is 9.96. The zero-order chi connectivity index (χ0) is 21.3. The number of benzene rings is 2. The standard InChI is InChI=1S/C23H25N3O4/c1-4-5-10-26-13-25-23-21(22(26)24)20(16-8-7-15(27)12-18(16)30-23)14-6-9-17(28-2)19(11-14)29-3/h6-9,11-13,20,24,27H,4-5,10H2,1-3H3. The van der Waals surface area contributed by atoms with Crippen molar-refractivity contribution < 1.29 is 19.3 Å². The van der Waals surface area contributed by atoms with Gasteiger partial charge in [-0.2, -0.15) is 0 Å². The van der Waals surface area contributed by atoms with Crippen LogP contribution in [0.4, 0.5) is 0 Å². The van der Waals surface area contributed by atoms with Crippen molar-refractivity contribution in [2.24, 2.45) is 0 Å². The van der Waals surface area contributed by atoms with Crippen LogP contribution in [0.3, 0.4) is 0 Å². The average molecular weight is 407 g/mol. The van der Waals surface area contributed by atoms with E-state index in [-0.39, 0.29) is 11.7 Å². The molecular formula is C23H25N3O4. The van der Waals surface area contributed by atoms with Gasteiger partial charge in [-0.3, -0.25) is 5.41 Å². The van der Waals surface area contributed by atoms with Crippen LogP contribution in [-0.4, -0.2) is 28.9 Å². The summed E-state index contributed by atoms with van der Waals surface area (Å²) in [5.41, 5.74) is 2.84. The van der Waals surface area contributed by atoms with Gasteiger partial charge >= 0.3 is 0 Å². The highest BCUT2D eigenvalue weighted by atomic mass is 16.5. The first-order chi connectivity index (χ1) is 14.6. The maximum atomic E-state index is 9.96. The number of aromatic hydroxyl groups is 1. The molecule has 3 aromatic rings. The second-order valence-electron chi connectivity index (χ2n) is 7.23. The third-order valence-electron chi connectivity index (χ3n) is 5.38. The number of ether oxygens (including phenoxy) is 3. The van der Waals surface area contributed by atoms with Gasteiger partial charge in [0.2, 0.25) is 5.88 Å². The Hall–Kier alpha value is -3.48. The number of unbranched alkanes of at least 4 members (excludes halogenated alkanes) is 1. The molecular weight excluding hydrogens is 382 g/mol. The van der Waals surface area contributed by atoms with Gasteiger partial charge in [0.05, 0.1) is 19.8 Å². The van der Waals surface area contributed by atoms with E-state index in [1.165, 1.54) is 0 Å². The number of phenolic OH excluding ortho intramolecular Hbond substituents is 1. The number of nitrogens with one attached hydrogen (secondary N) is 1. The minimum absolute atomic E-state index is 0.114. The Morgan fingerprint density at radius 1 is 1.13 bits per heavy atom. The molecule has 2 aromatic carbocycles. The zero-order valence-corrected chi connectivity index (χ0v) is 17.3. The lowest BCUT2D eigenvalue weighted by Gasteiger charge is -2.29. The van der Waals surface area contributed by atoms with Gasteiger partial charge in [0, 0.05) is 24.1 Å². The summed E-state index contributed by atoms with van der Waals surface area (Å²) in [6.45, 7) is 2.84. The van der Waals surface area contributed by atoms with Gasteiger partial charge in [-0.05, 0) is 30.2 Å². The summed E-state index contributed by atoms with van der Waals surface area (Å²) in [6.07, 6.45) is 3.64. The summed E-state index contributed by atoms with van der Waals surface area (Å²) in [4.78, 5) is 4.50. The highest BCUT2D eigenvalue weighted by Gasteiger charge is 2.32. The number of phenols is 1. The number of methoxy groups -OCH3 is 2. The van der Waals surface area contributed by atoms with Crippen LogP contribution < -0.4 is 19.7 Å². The number of aryl methyl sites for hydroxylation is 1. The van der Waals surface area contributed by atoms with E-state index in [1.54, 1.807) is 32.7 Å². The predicted molar refractivity (Wildman–Crippen MR) is 112 cm³/mol. The molecule has 1 unspecified atom stereocenters. The molecule has 7 heteroatoms. The highest BCUT2D eigenvalue weighted by Crippen LogP contribution is 2.47. The van der Waals surface area contributed by atoms with Crippen molar-refractivity contribution in [2.45, 2.75) is 32.2 Å². The molecule has 1 atom stereocenters. The van der Waals surface area contributed by atoms with Crippen molar-refractivity contribution in [2.75, 3.05) is 14.2 Å². The lowest BCUT2D eigenvalue weighted by atomic mass is 9.83. The van der Waals surface area contributed by atoms with Gasteiger partial charge in [0.25, 0.3) is 0 Å². The molecule has 0 radical (unpaired) electrons. The van der Waals surface area contributed by atoms with Gasteiger partial charge in [-0.1, -0.05) is 25.5 Å². The van der Waals surface area contributed by atoms with Gasteiger partial charge in [0.1, 0.15) is 23.3 Å². The lowest BCUT2D eigenvalue weighted by Crippen LogP contribution is -2.29. The Balaban J connectivity index is 1.94. The fourth-order valence-corrected chi connectivity index (χ4v) is 3.83. The molecule has 0 saturated heterocycles. The Kier molecular flexibility index (Phi) is 5.35. The van der Waals surface area contributed by atoms with E-state index in [9.17, 15) is 5.11 Å². The van der Waals surface area contributed by atoms with E-state index in [2.05, 4.69) is 11.9 Å². The molecule has 4 rings (SSSR count). The van der Waals surface area contributed by atoms with E-state index < -0.39 is 0 Å². The number of hydrogen-bond acceptors (Lipinski definition) is 6. The molecule has 0 bridgehead atoms. The Morgan fingerprint density at radius 3 is 2.67 bits per heavy atom. The zero-order valence-electron chi connectivity index (χ0n) is 17.3. The summed E-state index contributed by atoms with van der Waals surface area (Å²) in [5, 5.41) is 18.8. The van der Waals surface area contributed by atoms with Crippen molar-refractivity contribution in [3.8, 4) is 28.9 Å². The molecule has 0 fully saturated rings. The molecule has 2 heterocycles. The quantitative estimate of drug-likeness (QED) is 0.501. The van der Waals surface area contributed by atoms with E-state index in [1.807, 2.05) is 28.8 Å². The minimum atomic E-state index is -0.293. The van der Waals surface area contributed by atoms with Gasteiger partial charge in [-0.15, -0.1) is 0 Å². The largest absolute Gasteiger partial charge is 0.508 e. The van der Waals surface area contributed by atoms with Crippen LogP contribution in [0.5, 0.6) is 28.9 Å². The van der Waals surface area contributed by atoms with E-state index in [0.29, 0.717) is 34.2 Å². The first-order valence-electron chi connectivity index (χ1n) is 9.94. The maximum Gasteiger partial charge on any atom is 0.228 e. The van der Waals surface area contributed by atoms with Gasteiger partial charge in [0.15, 0.2) is 11.5 Å². The monoisotopic (exact) mass is 407 g/mol. The Bertz CT molecular complexity index is 1140. The molecule has 1 aliphatic rings. The van der Waals surface area contributed by atoms with Crippen LogP contribution >= 0.6 is 0 Å². The lowest BCUT2D eigenvalue weighted by molar-refractivity contribution is 0.354.